The minimum Gasteiger partial charge on any atom is -0.303 e. The second-order valence-electron chi connectivity index (χ2n) is 6.52. The van der Waals surface area contributed by atoms with E-state index in [1.54, 1.807) is 0 Å². The molecule has 0 fully saturated rings. The van der Waals surface area contributed by atoms with E-state index in [1.807, 2.05) is 66.7 Å². The SMILES string of the molecule is Clc1ccc(Cn2c(-c3cccc(Br)c3)nc3nc4ccccc4nc32)cc1. The molecule has 6 heteroatoms. The zero-order chi connectivity index (χ0) is 19.1. The highest BCUT2D eigenvalue weighted by molar-refractivity contribution is 9.10. The van der Waals surface area contributed by atoms with Crippen molar-refractivity contribution in [3.05, 3.63) is 87.9 Å². The van der Waals surface area contributed by atoms with Crippen LogP contribution in [0.3, 0.4) is 0 Å². The summed E-state index contributed by atoms with van der Waals surface area (Å²) in [5.74, 6) is 0.835. The van der Waals surface area contributed by atoms with Crippen LogP contribution in [0.2, 0.25) is 5.02 Å². The third-order valence-corrected chi connectivity index (χ3v) is 5.34. The van der Waals surface area contributed by atoms with Crippen molar-refractivity contribution in [3.63, 3.8) is 0 Å². The van der Waals surface area contributed by atoms with Crippen molar-refractivity contribution in [2.24, 2.45) is 0 Å². The van der Waals surface area contributed by atoms with E-state index in [9.17, 15) is 0 Å². The molecule has 0 radical (unpaired) electrons. The van der Waals surface area contributed by atoms with Crippen LogP contribution in [0.25, 0.3) is 33.7 Å². The van der Waals surface area contributed by atoms with Crippen molar-refractivity contribution in [1.29, 1.82) is 0 Å². The number of nitrogens with zero attached hydrogens (tertiary/aromatic N) is 4. The van der Waals surface area contributed by atoms with E-state index in [-0.39, 0.29) is 0 Å². The predicted octanol–water partition coefficient (Wildman–Crippen LogP) is 6.11. The fourth-order valence-electron chi connectivity index (χ4n) is 3.27. The van der Waals surface area contributed by atoms with Gasteiger partial charge in [0.2, 0.25) is 0 Å². The van der Waals surface area contributed by atoms with Crippen molar-refractivity contribution in [2.45, 2.75) is 6.54 Å². The maximum atomic E-state index is 6.05. The first-order valence-corrected chi connectivity index (χ1v) is 9.98. The smallest absolute Gasteiger partial charge is 0.198 e. The third kappa shape index (κ3) is 3.17. The van der Waals surface area contributed by atoms with Gasteiger partial charge in [0.15, 0.2) is 11.3 Å². The van der Waals surface area contributed by atoms with Gasteiger partial charge in [0, 0.05) is 15.1 Å². The quantitative estimate of drug-likeness (QED) is 0.334. The minimum atomic E-state index is 0.628. The molecule has 5 rings (SSSR count). The summed E-state index contributed by atoms with van der Waals surface area (Å²) in [6, 6.07) is 23.8. The molecule has 0 amide bonds. The van der Waals surface area contributed by atoms with Gasteiger partial charge >= 0.3 is 0 Å². The van der Waals surface area contributed by atoms with Crippen molar-refractivity contribution < 1.29 is 0 Å². The summed E-state index contributed by atoms with van der Waals surface area (Å²) >= 11 is 9.61. The van der Waals surface area contributed by atoms with Gasteiger partial charge < -0.3 is 4.57 Å². The van der Waals surface area contributed by atoms with Crippen LogP contribution < -0.4 is 0 Å². The average molecular weight is 450 g/mol. The molecule has 28 heavy (non-hydrogen) atoms. The van der Waals surface area contributed by atoms with Crippen LogP contribution in [0.5, 0.6) is 0 Å². The molecule has 2 heterocycles. The fraction of sp³-hybridized carbons (Fsp3) is 0.0455. The number of para-hydroxylation sites is 2. The van der Waals surface area contributed by atoms with Crippen LogP contribution in [0.15, 0.2) is 77.3 Å². The van der Waals surface area contributed by atoms with Gasteiger partial charge in [-0.2, -0.15) is 0 Å². The number of rotatable bonds is 3. The van der Waals surface area contributed by atoms with Crippen LogP contribution in [-0.4, -0.2) is 19.5 Å². The summed E-state index contributed by atoms with van der Waals surface area (Å²) in [6.45, 7) is 0.628. The minimum absolute atomic E-state index is 0.628. The summed E-state index contributed by atoms with van der Waals surface area (Å²) in [5.41, 5.74) is 5.23. The zero-order valence-corrected chi connectivity index (χ0v) is 17.0. The molecule has 2 aromatic heterocycles. The molecule has 0 bridgehead atoms. The van der Waals surface area contributed by atoms with E-state index in [1.165, 1.54) is 0 Å². The molecule has 0 aliphatic carbocycles. The zero-order valence-electron chi connectivity index (χ0n) is 14.7. The molecule has 3 aromatic carbocycles. The Morgan fingerprint density at radius 1 is 0.821 bits per heavy atom. The second kappa shape index (κ2) is 7.00. The molecule has 0 saturated carbocycles. The molecule has 0 unspecified atom stereocenters. The molecule has 0 N–H and O–H groups in total. The van der Waals surface area contributed by atoms with E-state index in [0.29, 0.717) is 12.2 Å². The van der Waals surface area contributed by atoms with Gasteiger partial charge in [0.25, 0.3) is 0 Å². The summed E-state index contributed by atoms with van der Waals surface area (Å²) in [5, 5.41) is 0.720. The molecule has 0 aliphatic rings. The highest BCUT2D eigenvalue weighted by Gasteiger charge is 2.16. The van der Waals surface area contributed by atoms with Crippen LogP contribution in [-0.2, 0) is 6.54 Å². The third-order valence-electron chi connectivity index (χ3n) is 4.59. The Morgan fingerprint density at radius 2 is 1.57 bits per heavy atom. The van der Waals surface area contributed by atoms with Crippen molar-refractivity contribution in [2.75, 3.05) is 0 Å². The van der Waals surface area contributed by atoms with Gasteiger partial charge in [-0.1, -0.05) is 63.9 Å². The molecule has 0 spiro atoms. The maximum Gasteiger partial charge on any atom is 0.198 e. The number of aromatic nitrogens is 4. The van der Waals surface area contributed by atoms with E-state index in [2.05, 4.69) is 26.6 Å². The van der Waals surface area contributed by atoms with E-state index in [4.69, 9.17) is 26.6 Å². The van der Waals surface area contributed by atoms with E-state index < -0.39 is 0 Å². The van der Waals surface area contributed by atoms with Crippen molar-refractivity contribution in [1.82, 2.24) is 19.5 Å². The highest BCUT2D eigenvalue weighted by atomic mass is 79.9. The molecule has 5 aromatic rings. The molecule has 4 nitrogen and oxygen atoms in total. The number of benzene rings is 3. The number of halogens is 2. The molecular weight excluding hydrogens is 436 g/mol. The lowest BCUT2D eigenvalue weighted by molar-refractivity contribution is 0.825. The Morgan fingerprint density at radius 3 is 2.32 bits per heavy atom. The first kappa shape index (κ1) is 17.3. The van der Waals surface area contributed by atoms with Crippen LogP contribution in [0, 0.1) is 0 Å². The number of hydrogen-bond acceptors (Lipinski definition) is 3. The predicted molar refractivity (Wildman–Crippen MR) is 117 cm³/mol. The second-order valence-corrected chi connectivity index (χ2v) is 7.87. The van der Waals surface area contributed by atoms with Gasteiger partial charge in [-0.25, -0.2) is 15.0 Å². The Hall–Kier alpha value is -2.76. The molecule has 0 aliphatic heterocycles. The maximum absolute atomic E-state index is 6.05. The van der Waals surface area contributed by atoms with Crippen LogP contribution in [0.4, 0.5) is 0 Å². The van der Waals surface area contributed by atoms with Crippen molar-refractivity contribution >= 4 is 49.9 Å². The summed E-state index contributed by atoms with van der Waals surface area (Å²) in [4.78, 5) is 14.4. The first-order valence-electron chi connectivity index (χ1n) is 8.81. The van der Waals surface area contributed by atoms with E-state index >= 15 is 0 Å². The first-order chi connectivity index (χ1) is 13.7. The summed E-state index contributed by atoms with van der Waals surface area (Å²) < 4.78 is 3.11. The number of fused-ring (bicyclic) bond motifs is 2. The van der Waals surface area contributed by atoms with Gasteiger partial charge in [-0.05, 0) is 42.0 Å². The molecule has 0 atom stereocenters. The Bertz CT molecular complexity index is 1310. The average Bonchev–Trinajstić information content (AvgIpc) is 3.05. The molecule has 0 saturated heterocycles. The normalized spacial score (nSPS) is 11.4. The summed E-state index contributed by atoms with van der Waals surface area (Å²) in [7, 11) is 0. The largest absolute Gasteiger partial charge is 0.303 e. The Balaban J connectivity index is 1.76. The number of hydrogen-bond donors (Lipinski definition) is 0. The monoisotopic (exact) mass is 448 g/mol. The fourth-order valence-corrected chi connectivity index (χ4v) is 3.79. The van der Waals surface area contributed by atoms with Gasteiger partial charge in [0.1, 0.15) is 5.82 Å². The standard InChI is InChI=1S/C22H14BrClN4/c23-16-5-3-4-15(12-16)21-27-20-22(26-19-7-2-1-6-18(19)25-20)28(21)13-14-8-10-17(24)11-9-14/h1-12H,13H2. The molecular formula is C22H14BrClN4. The van der Waals surface area contributed by atoms with Crippen molar-refractivity contribution in [3.8, 4) is 11.4 Å². The lowest BCUT2D eigenvalue weighted by atomic mass is 10.2. The topological polar surface area (TPSA) is 43.6 Å². The van der Waals surface area contributed by atoms with Crippen LogP contribution in [0.1, 0.15) is 5.56 Å². The Labute approximate surface area is 175 Å². The Kier molecular flexibility index (Phi) is 4.34. The van der Waals surface area contributed by atoms with E-state index in [0.717, 1.165) is 43.1 Å². The number of imidazole rings is 1. The lowest BCUT2D eigenvalue weighted by Crippen LogP contribution is -2.03. The van der Waals surface area contributed by atoms with Gasteiger partial charge in [-0.3, -0.25) is 0 Å². The van der Waals surface area contributed by atoms with Crippen LogP contribution >= 0.6 is 27.5 Å². The summed E-state index contributed by atoms with van der Waals surface area (Å²) in [6.07, 6.45) is 0. The van der Waals surface area contributed by atoms with Gasteiger partial charge in [0.05, 0.1) is 17.6 Å². The lowest BCUT2D eigenvalue weighted by Gasteiger charge is -2.09. The highest BCUT2D eigenvalue weighted by Crippen LogP contribution is 2.27. The van der Waals surface area contributed by atoms with Gasteiger partial charge in [-0.15, -0.1) is 0 Å². The molecule has 136 valence electrons.